The lowest BCUT2D eigenvalue weighted by atomic mass is 9.99. The number of ether oxygens (including phenoxy) is 1. The Bertz CT molecular complexity index is 1260. The monoisotopic (exact) mass is 486 g/mol. The van der Waals surface area contributed by atoms with E-state index in [-0.39, 0.29) is 5.56 Å². The van der Waals surface area contributed by atoms with E-state index in [1.54, 1.807) is 6.92 Å². The molecule has 2 aliphatic rings. The molecule has 1 aromatic heterocycles. The van der Waals surface area contributed by atoms with E-state index < -0.39 is 30.0 Å². The fraction of sp³-hybridized carbons (Fsp3) is 0.462. The van der Waals surface area contributed by atoms with Gasteiger partial charge < -0.3 is 20.1 Å². The molecule has 1 fully saturated rings. The van der Waals surface area contributed by atoms with Crippen molar-refractivity contribution in [1.29, 1.82) is 0 Å². The molecule has 5 rings (SSSR count). The van der Waals surface area contributed by atoms with Crippen LogP contribution in [0.3, 0.4) is 0 Å². The average Bonchev–Trinajstić information content (AvgIpc) is 3.34. The predicted molar refractivity (Wildman–Crippen MR) is 129 cm³/mol. The lowest BCUT2D eigenvalue weighted by molar-refractivity contribution is -0.0583. The van der Waals surface area contributed by atoms with Crippen molar-refractivity contribution < 1.29 is 23.0 Å². The molecule has 1 aliphatic heterocycles. The van der Waals surface area contributed by atoms with Crippen molar-refractivity contribution in [2.24, 2.45) is 0 Å². The third-order valence-electron chi connectivity index (χ3n) is 6.94. The van der Waals surface area contributed by atoms with Crippen LogP contribution < -0.4 is 10.2 Å². The number of benzene rings is 2. The summed E-state index contributed by atoms with van der Waals surface area (Å²) in [7, 11) is 0. The van der Waals surface area contributed by atoms with Crippen molar-refractivity contribution in [1.82, 2.24) is 9.97 Å². The van der Waals surface area contributed by atoms with Gasteiger partial charge in [-0.2, -0.15) is 8.78 Å². The molecule has 1 atom stereocenters. The highest BCUT2D eigenvalue weighted by molar-refractivity contribution is 5.96. The van der Waals surface area contributed by atoms with Crippen LogP contribution in [0.25, 0.3) is 10.9 Å². The maximum absolute atomic E-state index is 15.1. The lowest BCUT2D eigenvalue weighted by Gasteiger charge is -2.31. The minimum absolute atomic E-state index is 0.0783. The largest absolute Gasteiger partial charge is 0.390 e. The average molecular weight is 487 g/mol. The molecule has 0 radical (unpaired) electrons. The van der Waals surface area contributed by atoms with Crippen molar-refractivity contribution in [2.75, 3.05) is 43.1 Å². The molecule has 1 aliphatic carbocycles. The molecular weight excluding hydrogens is 457 g/mol. The summed E-state index contributed by atoms with van der Waals surface area (Å²) in [6, 6.07) is 5.30. The van der Waals surface area contributed by atoms with Gasteiger partial charge in [0.05, 0.1) is 30.3 Å². The number of alkyl halides is 2. The van der Waals surface area contributed by atoms with Gasteiger partial charge in [-0.25, -0.2) is 14.4 Å². The smallest absolute Gasteiger partial charge is 0.298 e. The number of halogens is 3. The summed E-state index contributed by atoms with van der Waals surface area (Å²) >= 11 is 0. The Hall–Kier alpha value is -2.91. The van der Waals surface area contributed by atoms with Gasteiger partial charge in [0.25, 0.3) is 5.92 Å². The fourth-order valence-corrected chi connectivity index (χ4v) is 5.19. The van der Waals surface area contributed by atoms with Crippen molar-refractivity contribution in [2.45, 2.75) is 45.1 Å². The Morgan fingerprint density at radius 1 is 1.17 bits per heavy atom. The van der Waals surface area contributed by atoms with Crippen molar-refractivity contribution in [3.05, 3.63) is 58.2 Å². The van der Waals surface area contributed by atoms with E-state index in [0.29, 0.717) is 24.9 Å². The summed E-state index contributed by atoms with van der Waals surface area (Å²) in [6.07, 6.45) is 2.99. The number of morpholine rings is 1. The van der Waals surface area contributed by atoms with Crippen LogP contribution in [-0.4, -0.2) is 48.0 Å². The third-order valence-corrected chi connectivity index (χ3v) is 6.94. The van der Waals surface area contributed by atoms with Crippen LogP contribution in [0.2, 0.25) is 0 Å². The number of aliphatic hydroxyl groups is 1. The van der Waals surface area contributed by atoms with Crippen molar-refractivity contribution >= 4 is 22.4 Å². The van der Waals surface area contributed by atoms with Crippen LogP contribution in [0.4, 0.5) is 24.7 Å². The third kappa shape index (κ3) is 4.31. The number of hydrogen-bond acceptors (Lipinski definition) is 6. The van der Waals surface area contributed by atoms with Crippen LogP contribution in [0.1, 0.15) is 47.5 Å². The lowest BCUT2D eigenvalue weighted by Crippen LogP contribution is -2.36. The number of nitrogens with one attached hydrogen (secondary N) is 1. The molecule has 186 valence electrons. The topological polar surface area (TPSA) is 70.5 Å². The maximum atomic E-state index is 15.1. The van der Waals surface area contributed by atoms with Crippen LogP contribution in [0, 0.1) is 12.7 Å². The molecule has 3 aromatic rings. The first kappa shape index (κ1) is 23.8. The van der Waals surface area contributed by atoms with Gasteiger partial charge in [-0.1, -0.05) is 12.1 Å². The van der Waals surface area contributed by atoms with E-state index in [0.717, 1.165) is 55.0 Å². The van der Waals surface area contributed by atoms with E-state index in [4.69, 9.17) is 14.8 Å². The minimum Gasteiger partial charge on any atom is -0.390 e. The molecule has 1 saturated heterocycles. The minimum atomic E-state index is -3.66. The predicted octanol–water partition coefficient (Wildman–Crippen LogP) is 4.66. The second-order valence-electron chi connectivity index (χ2n) is 9.26. The van der Waals surface area contributed by atoms with E-state index >= 15 is 4.39 Å². The molecule has 9 heteroatoms. The first-order valence-corrected chi connectivity index (χ1v) is 12.0. The highest BCUT2D eigenvalue weighted by Crippen LogP contribution is 2.40. The molecule has 1 unspecified atom stereocenters. The number of nitrogens with zero attached hydrogens (tertiary/aromatic N) is 3. The Morgan fingerprint density at radius 2 is 1.91 bits per heavy atom. The van der Waals surface area contributed by atoms with E-state index in [9.17, 15) is 8.78 Å². The van der Waals surface area contributed by atoms with Gasteiger partial charge in [-0.3, -0.25) is 0 Å². The zero-order chi connectivity index (χ0) is 24.7. The molecule has 0 bridgehead atoms. The Kier molecular flexibility index (Phi) is 6.31. The molecule has 6 nitrogen and oxygen atoms in total. The van der Waals surface area contributed by atoms with Gasteiger partial charge in [0, 0.05) is 29.7 Å². The summed E-state index contributed by atoms with van der Waals surface area (Å²) < 4.78 is 48.8. The highest BCUT2D eigenvalue weighted by Gasteiger charge is 2.35. The number of aryl methyl sites for hydroxylation is 2. The van der Waals surface area contributed by atoms with Crippen LogP contribution >= 0.6 is 0 Å². The number of aromatic nitrogens is 2. The number of fused-ring (bicyclic) bond motifs is 3. The van der Waals surface area contributed by atoms with Crippen molar-refractivity contribution in [3.63, 3.8) is 0 Å². The second-order valence-corrected chi connectivity index (χ2v) is 9.26. The van der Waals surface area contributed by atoms with Gasteiger partial charge in [-0.15, -0.1) is 0 Å². The van der Waals surface area contributed by atoms with Gasteiger partial charge >= 0.3 is 0 Å². The molecular formula is C26H29F3N4O2. The molecule has 2 N–H and O–H groups in total. The van der Waals surface area contributed by atoms with E-state index in [1.165, 1.54) is 23.3 Å². The van der Waals surface area contributed by atoms with Crippen molar-refractivity contribution in [3.8, 4) is 0 Å². The molecule has 2 heterocycles. The standard InChI is InChI=1S/C26H29F3N4O2/c1-15(17-5-4-8-21(23(17)27)26(28,29)14-34)30-25-20-13-22(33-9-11-35-12-10-33)18-6-3-7-19(18)24(20)31-16(2)32-25/h4-5,8,13,15,34H,3,6-7,9-12,14H2,1-2H3,(H,30,31,32). The normalized spacial score (nSPS) is 17.0. The van der Waals surface area contributed by atoms with Gasteiger partial charge in [0.1, 0.15) is 24.1 Å². The number of hydrogen-bond donors (Lipinski definition) is 2. The Morgan fingerprint density at radius 3 is 2.66 bits per heavy atom. The first-order valence-electron chi connectivity index (χ1n) is 12.0. The van der Waals surface area contributed by atoms with E-state index in [2.05, 4.69) is 21.3 Å². The maximum Gasteiger partial charge on any atom is 0.298 e. The Balaban J connectivity index is 1.58. The van der Waals surface area contributed by atoms with Gasteiger partial charge in [0.2, 0.25) is 0 Å². The summed E-state index contributed by atoms with van der Waals surface area (Å²) in [5, 5.41) is 13.1. The summed E-state index contributed by atoms with van der Waals surface area (Å²) in [6.45, 7) is 5.03. The molecule has 2 aromatic carbocycles. The SMILES string of the molecule is Cc1nc(NC(C)c2cccc(C(F)(F)CO)c2F)c2cc(N3CCOCC3)c3c(c2n1)CCC3. The first-order chi connectivity index (χ1) is 16.8. The van der Waals surface area contributed by atoms with Crippen LogP contribution in [-0.2, 0) is 23.5 Å². The Labute approximate surface area is 202 Å². The molecule has 0 spiro atoms. The van der Waals surface area contributed by atoms with Crippen LogP contribution in [0.15, 0.2) is 24.3 Å². The van der Waals surface area contributed by atoms with Gasteiger partial charge in [0.15, 0.2) is 0 Å². The summed E-state index contributed by atoms with van der Waals surface area (Å²) in [4.78, 5) is 11.7. The zero-order valence-corrected chi connectivity index (χ0v) is 19.9. The summed E-state index contributed by atoms with van der Waals surface area (Å²) in [5.41, 5.74) is 3.85. The summed E-state index contributed by atoms with van der Waals surface area (Å²) in [5.74, 6) is -3.56. The molecule has 0 saturated carbocycles. The number of rotatable bonds is 6. The highest BCUT2D eigenvalue weighted by atomic mass is 19.3. The van der Waals surface area contributed by atoms with E-state index in [1.807, 2.05) is 6.92 Å². The zero-order valence-electron chi connectivity index (χ0n) is 19.9. The number of aliphatic hydroxyl groups excluding tert-OH is 1. The second kappa shape index (κ2) is 9.28. The fourth-order valence-electron chi connectivity index (χ4n) is 5.19. The molecule has 35 heavy (non-hydrogen) atoms. The van der Waals surface area contributed by atoms with Gasteiger partial charge in [-0.05, 0) is 56.4 Å². The molecule has 0 amide bonds. The quantitative estimate of drug-likeness (QED) is 0.528. The number of anilines is 2. The van der Waals surface area contributed by atoms with Crippen LogP contribution in [0.5, 0.6) is 0 Å².